The van der Waals surface area contributed by atoms with Crippen molar-refractivity contribution < 1.29 is 9.94 Å². The van der Waals surface area contributed by atoms with Gasteiger partial charge in [0.15, 0.2) is 5.84 Å². The lowest BCUT2D eigenvalue weighted by Crippen LogP contribution is -2.13. The molecule has 1 rings (SSSR count). The Hall–Kier alpha value is -1.27. The molecule has 94 valence electrons. The molecule has 0 aliphatic heterocycles. The molecule has 6 heteroatoms. The van der Waals surface area contributed by atoms with Gasteiger partial charge in [0.1, 0.15) is 0 Å². The number of pyridine rings is 1. The number of oxime groups is 1. The largest absolute Gasteiger partial charge is 0.409 e. The zero-order chi connectivity index (χ0) is 12.7. The molecule has 3 N–H and O–H groups in total. The molecule has 0 aliphatic rings. The number of methoxy groups -OCH3 is 1. The summed E-state index contributed by atoms with van der Waals surface area (Å²) in [6.45, 7) is 2.62. The first-order valence-corrected chi connectivity index (χ1v) is 6.24. The van der Waals surface area contributed by atoms with Gasteiger partial charge in [0.2, 0.25) is 0 Å². The number of hydrogen-bond donors (Lipinski definition) is 2. The Morgan fingerprint density at radius 1 is 1.59 bits per heavy atom. The van der Waals surface area contributed by atoms with Crippen molar-refractivity contribution in [3.05, 3.63) is 23.4 Å². The molecular formula is C11H17N3O2S. The van der Waals surface area contributed by atoms with Crippen molar-refractivity contribution in [2.24, 2.45) is 10.9 Å². The summed E-state index contributed by atoms with van der Waals surface area (Å²) in [7, 11) is 1.69. The van der Waals surface area contributed by atoms with Gasteiger partial charge in [-0.2, -0.15) is 0 Å². The summed E-state index contributed by atoms with van der Waals surface area (Å²) >= 11 is 1.63. The van der Waals surface area contributed by atoms with E-state index in [-0.39, 0.29) is 5.84 Å². The van der Waals surface area contributed by atoms with E-state index in [0.717, 1.165) is 29.5 Å². The summed E-state index contributed by atoms with van der Waals surface area (Å²) in [4.78, 5) is 4.38. The number of nitrogens with zero attached hydrogens (tertiary/aromatic N) is 2. The van der Waals surface area contributed by atoms with Gasteiger partial charge in [-0.15, -0.1) is 11.8 Å². The topological polar surface area (TPSA) is 80.7 Å². The van der Waals surface area contributed by atoms with Crippen LogP contribution < -0.4 is 5.73 Å². The fourth-order valence-corrected chi connectivity index (χ4v) is 2.19. The lowest BCUT2D eigenvalue weighted by molar-refractivity contribution is 0.200. The first-order valence-electron chi connectivity index (χ1n) is 5.25. The van der Waals surface area contributed by atoms with E-state index < -0.39 is 0 Å². The lowest BCUT2D eigenvalue weighted by atomic mass is 10.2. The number of amidine groups is 1. The van der Waals surface area contributed by atoms with Crippen molar-refractivity contribution in [2.75, 3.05) is 19.5 Å². The standard InChI is InChI=1S/C11H17N3O2S/c1-8-6-9(11(12)14-15)7-10(13-8)17-5-3-4-16-2/h6-7,15H,3-5H2,1-2H3,(H2,12,14). The average molecular weight is 255 g/mol. The van der Waals surface area contributed by atoms with Gasteiger partial charge in [-0.3, -0.25) is 0 Å². The van der Waals surface area contributed by atoms with Crippen LogP contribution in [0, 0.1) is 6.92 Å². The van der Waals surface area contributed by atoms with E-state index in [9.17, 15) is 0 Å². The zero-order valence-corrected chi connectivity index (χ0v) is 10.8. The Labute approximate surface area is 105 Å². The van der Waals surface area contributed by atoms with Crippen LogP contribution in [-0.4, -0.2) is 35.5 Å². The fraction of sp³-hybridized carbons (Fsp3) is 0.455. The molecule has 0 amide bonds. The lowest BCUT2D eigenvalue weighted by Gasteiger charge is -2.05. The SMILES string of the molecule is COCCCSc1cc(/C(N)=N/O)cc(C)n1. The Bertz CT molecular complexity index is 396. The molecule has 1 heterocycles. The number of nitrogens with two attached hydrogens (primary N) is 1. The second-order valence-electron chi connectivity index (χ2n) is 3.52. The second-order valence-corrected chi connectivity index (χ2v) is 4.63. The normalized spacial score (nSPS) is 11.8. The van der Waals surface area contributed by atoms with E-state index in [0.29, 0.717) is 5.56 Å². The smallest absolute Gasteiger partial charge is 0.170 e. The van der Waals surface area contributed by atoms with Crippen molar-refractivity contribution in [1.29, 1.82) is 0 Å². The highest BCUT2D eigenvalue weighted by Gasteiger charge is 2.04. The number of aryl methyl sites for hydroxylation is 1. The Kier molecular flexibility index (Phi) is 5.79. The second kappa shape index (κ2) is 7.13. The van der Waals surface area contributed by atoms with Gasteiger partial charge in [-0.1, -0.05) is 5.16 Å². The van der Waals surface area contributed by atoms with Gasteiger partial charge in [-0.05, 0) is 25.5 Å². The highest BCUT2D eigenvalue weighted by Crippen LogP contribution is 2.18. The maximum absolute atomic E-state index is 8.64. The van der Waals surface area contributed by atoms with E-state index in [1.807, 2.05) is 13.0 Å². The van der Waals surface area contributed by atoms with Gasteiger partial charge < -0.3 is 15.7 Å². The van der Waals surface area contributed by atoms with Crippen molar-refractivity contribution in [2.45, 2.75) is 18.4 Å². The van der Waals surface area contributed by atoms with Crippen LogP contribution in [0.3, 0.4) is 0 Å². The van der Waals surface area contributed by atoms with Gasteiger partial charge in [-0.25, -0.2) is 4.98 Å². The summed E-state index contributed by atoms with van der Waals surface area (Å²) < 4.78 is 4.98. The molecule has 0 spiro atoms. The van der Waals surface area contributed by atoms with Gasteiger partial charge in [0.25, 0.3) is 0 Å². The molecule has 0 aliphatic carbocycles. The van der Waals surface area contributed by atoms with Crippen LogP contribution in [0.1, 0.15) is 17.7 Å². The molecule has 17 heavy (non-hydrogen) atoms. The van der Waals surface area contributed by atoms with E-state index >= 15 is 0 Å². The van der Waals surface area contributed by atoms with E-state index in [4.69, 9.17) is 15.7 Å². The molecule has 0 unspecified atom stereocenters. The Balaban J connectivity index is 2.69. The van der Waals surface area contributed by atoms with Gasteiger partial charge in [0.05, 0.1) is 5.03 Å². The molecule has 0 fully saturated rings. The summed E-state index contributed by atoms with van der Waals surface area (Å²) in [6.07, 6.45) is 0.968. The zero-order valence-electron chi connectivity index (χ0n) is 10.0. The highest BCUT2D eigenvalue weighted by molar-refractivity contribution is 7.99. The summed E-state index contributed by atoms with van der Waals surface area (Å²) in [6, 6.07) is 3.60. The molecule has 0 saturated heterocycles. The van der Waals surface area contributed by atoms with E-state index in [1.165, 1.54) is 0 Å². The Morgan fingerprint density at radius 3 is 3.00 bits per heavy atom. The molecule has 5 nitrogen and oxygen atoms in total. The third-order valence-corrected chi connectivity index (χ3v) is 3.07. The number of thioether (sulfide) groups is 1. The van der Waals surface area contributed by atoms with E-state index in [2.05, 4.69) is 10.1 Å². The van der Waals surface area contributed by atoms with Crippen molar-refractivity contribution in [3.63, 3.8) is 0 Å². The minimum Gasteiger partial charge on any atom is -0.409 e. The van der Waals surface area contributed by atoms with E-state index in [1.54, 1.807) is 24.9 Å². The van der Waals surface area contributed by atoms with Crippen molar-refractivity contribution >= 4 is 17.6 Å². The van der Waals surface area contributed by atoms with Crippen LogP contribution in [0.25, 0.3) is 0 Å². The minimum atomic E-state index is 0.106. The van der Waals surface area contributed by atoms with Gasteiger partial charge in [0, 0.05) is 30.7 Å². The number of hydrogen-bond acceptors (Lipinski definition) is 5. The highest BCUT2D eigenvalue weighted by atomic mass is 32.2. The van der Waals surface area contributed by atoms with Crippen LogP contribution in [0.2, 0.25) is 0 Å². The molecule has 0 atom stereocenters. The van der Waals surface area contributed by atoms with Crippen LogP contribution in [0.15, 0.2) is 22.3 Å². The summed E-state index contributed by atoms with van der Waals surface area (Å²) in [5, 5.41) is 12.5. The van der Waals surface area contributed by atoms with Crippen LogP contribution in [0.5, 0.6) is 0 Å². The monoisotopic (exact) mass is 255 g/mol. The molecule has 0 radical (unpaired) electrons. The number of aromatic nitrogens is 1. The number of ether oxygens (including phenoxy) is 1. The first-order chi connectivity index (χ1) is 8.17. The number of rotatable bonds is 6. The summed E-state index contributed by atoms with van der Waals surface area (Å²) in [5.41, 5.74) is 7.09. The predicted molar refractivity (Wildman–Crippen MR) is 68.7 cm³/mol. The molecule has 0 aromatic carbocycles. The maximum atomic E-state index is 8.64. The maximum Gasteiger partial charge on any atom is 0.170 e. The molecular weight excluding hydrogens is 238 g/mol. The van der Waals surface area contributed by atoms with Crippen molar-refractivity contribution in [3.8, 4) is 0 Å². The molecule has 0 saturated carbocycles. The van der Waals surface area contributed by atoms with Gasteiger partial charge >= 0.3 is 0 Å². The average Bonchev–Trinajstić information content (AvgIpc) is 2.33. The summed E-state index contributed by atoms with van der Waals surface area (Å²) in [5.74, 6) is 1.04. The molecule has 1 aromatic rings. The Morgan fingerprint density at radius 2 is 2.35 bits per heavy atom. The fourth-order valence-electron chi connectivity index (χ4n) is 1.30. The first kappa shape index (κ1) is 13.8. The predicted octanol–water partition coefficient (Wildman–Crippen LogP) is 1.61. The van der Waals surface area contributed by atoms with Crippen molar-refractivity contribution in [1.82, 2.24) is 4.98 Å². The minimum absolute atomic E-state index is 0.106. The van der Waals surface area contributed by atoms with Crippen LogP contribution >= 0.6 is 11.8 Å². The third-order valence-electron chi connectivity index (χ3n) is 2.08. The van der Waals surface area contributed by atoms with Crippen LogP contribution in [-0.2, 0) is 4.74 Å². The molecule has 1 aromatic heterocycles. The molecule has 0 bridgehead atoms. The van der Waals surface area contributed by atoms with Crippen LogP contribution in [0.4, 0.5) is 0 Å². The third kappa shape index (κ3) is 4.62. The quantitative estimate of drug-likeness (QED) is 0.202.